The smallest absolute Gasteiger partial charge is 0.315 e. The molecule has 0 unspecified atom stereocenters. The van der Waals surface area contributed by atoms with Crippen LogP contribution in [0.25, 0.3) is 17.2 Å². The Morgan fingerprint density at radius 1 is 1.19 bits per heavy atom. The number of benzene rings is 1. The first kappa shape index (κ1) is 18.1. The molecule has 2 aromatic heterocycles. The summed E-state index contributed by atoms with van der Waals surface area (Å²) in [5.41, 5.74) is 2.83. The van der Waals surface area contributed by atoms with Crippen LogP contribution in [0.3, 0.4) is 0 Å². The molecule has 0 aliphatic carbocycles. The van der Waals surface area contributed by atoms with Gasteiger partial charge in [-0.05, 0) is 11.6 Å². The van der Waals surface area contributed by atoms with E-state index in [9.17, 15) is 14.4 Å². The van der Waals surface area contributed by atoms with Gasteiger partial charge >= 0.3 is 5.69 Å². The van der Waals surface area contributed by atoms with E-state index in [0.717, 1.165) is 10.1 Å². The molecule has 138 valence electrons. The molecule has 0 aliphatic rings. The van der Waals surface area contributed by atoms with Gasteiger partial charge in [-0.25, -0.2) is 15.2 Å². The molecule has 9 nitrogen and oxygen atoms in total. The molecule has 0 fully saturated rings. The lowest BCUT2D eigenvalue weighted by Gasteiger charge is -2.05. The largest absolute Gasteiger partial charge is 0.332 e. The average molecular weight is 366 g/mol. The summed E-state index contributed by atoms with van der Waals surface area (Å²) in [7, 11) is 2.90. The maximum atomic E-state index is 12.3. The van der Waals surface area contributed by atoms with Crippen LogP contribution in [0.4, 0.5) is 0 Å². The summed E-state index contributed by atoms with van der Waals surface area (Å²) in [5.74, 6) is -0.422. The lowest BCUT2D eigenvalue weighted by atomic mass is 10.2. The summed E-state index contributed by atoms with van der Waals surface area (Å²) in [6.07, 6.45) is 6.36. The molecule has 1 amide bonds. The van der Waals surface area contributed by atoms with E-state index in [1.807, 2.05) is 36.4 Å². The number of rotatable bonds is 5. The highest BCUT2D eigenvalue weighted by molar-refractivity contribution is 5.82. The summed E-state index contributed by atoms with van der Waals surface area (Å²) in [6.45, 7) is -0.149. The third-order valence-electron chi connectivity index (χ3n) is 3.97. The van der Waals surface area contributed by atoms with Gasteiger partial charge in [0.1, 0.15) is 6.54 Å². The maximum absolute atomic E-state index is 12.3. The highest BCUT2D eigenvalue weighted by Crippen LogP contribution is 2.05. The molecule has 0 radical (unpaired) electrons. The van der Waals surface area contributed by atoms with Gasteiger partial charge in [0, 0.05) is 20.3 Å². The van der Waals surface area contributed by atoms with Gasteiger partial charge in [-0.15, -0.1) is 0 Å². The van der Waals surface area contributed by atoms with Crippen molar-refractivity contribution < 1.29 is 4.79 Å². The third kappa shape index (κ3) is 3.76. The number of fused-ring (bicyclic) bond motifs is 1. The highest BCUT2D eigenvalue weighted by atomic mass is 16.2. The number of carbonyl (C=O) groups is 1. The molecule has 0 saturated carbocycles. The monoisotopic (exact) mass is 366 g/mol. The predicted molar refractivity (Wildman–Crippen MR) is 102 cm³/mol. The lowest BCUT2D eigenvalue weighted by molar-refractivity contribution is -0.121. The zero-order valence-electron chi connectivity index (χ0n) is 14.9. The summed E-state index contributed by atoms with van der Waals surface area (Å²) in [4.78, 5) is 40.3. The van der Waals surface area contributed by atoms with E-state index in [4.69, 9.17) is 0 Å². The number of amides is 1. The second-order valence-corrected chi connectivity index (χ2v) is 5.83. The van der Waals surface area contributed by atoms with E-state index in [1.54, 1.807) is 6.08 Å². The normalized spacial score (nSPS) is 11.6. The van der Waals surface area contributed by atoms with E-state index in [-0.39, 0.29) is 17.7 Å². The minimum absolute atomic E-state index is 0.149. The molecule has 3 rings (SSSR count). The van der Waals surface area contributed by atoms with Crippen molar-refractivity contribution in [3.63, 3.8) is 0 Å². The van der Waals surface area contributed by atoms with Gasteiger partial charge in [-0.2, -0.15) is 5.10 Å². The van der Waals surface area contributed by atoms with Gasteiger partial charge in [-0.1, -0.05) is 36.4 Å². The van der Waals surface area contributed by atoms with Gasteiger partial charge in [-0.3, -0.25) is 18.7 Å². The first-order valence-corrected chi connectivity index (χ1v) is 8.13. The summed E-state index contributed by atoms with van der Waals surface area (Å²) in [6, 6.07) is 9.67. The molecule has 1 aromatic carbocycles. The highest BCUT2D eigenvalue weighted by Gasteiger charge is 2.15. The molecule has 2 heterocycles. The fourth-order valence-corrected chi connectivity index (χ4v) is 2.58. The summed E-state index contributed by atoms with van der Waals surface area (Å²) in [5, 5.41) is 3.83. The zero-order chi connectivity index (χ0) is 19.4. The molecular weight excluding hydrogens is 348 g/mol. The van der Waals surface area contributed by atoms with Gasteiger partial charge in [0.2, 0.25) is 0 Å². The van der Waals surface area contributed by atoms with Crippen LogP contribution in [0.1, 0.15) is 5.56 Å². The zero-order valence-corrected chi connectivity index (χ0v) is 14.9. The molecule has 0 spiro atoms. The first-order valence-electron chi connectivity index (χ1n) is 8.13. The summed E-state index contributed by atoms with van der Waals surface area (Å²) >= 11 is 0. The standard InChI is InChI=1S/C18H18N6O3/c1-22-16-15(17(26)23(2)18(22)27)24(12-19-16)11-14(25)21-20-10-6-9-13-7-4-3-5-8-13/h3-10,12H,11H2,1-2H3,(H,21,25)/b9-6+,20-10-. The van der Waals surface area contributed by atoms with E-state index >= 15 is 0 Å². The Morgan fingerprint density at radius 3 is 2.67 bits per heavy atom. The number of hydrazone groups is 1. The fourth-order valence-electron chi connectivity index (χ4n) is 2.58. The van der Waals surface area contributed by atoms with Crippen LogP contribution in [-0.4, -0.2) is 30.8 Å². The van der Waals surface area contributed by atoms with Crippen molar-refractivity contribution in [2.75, 3.05) is 0 Å². The molecule has 0 atom stereocenters. The second-order valence-electron chi connectivity index (χ2n) is 5.83. The van der Waals surface area contributed by atoms with Crippen molar-refractivity contribution in [2.45, 2.75) is 6.54 Å². The van der Waals surface area contributed by atoms with Crippen molar-refractivity contribution in [1.29, 1.82) is 0 Å². The van der Waals surface area contributed by atoms with Gasteiger partial charge in [0.25, 0.3) is 11.5 Å². The van der Waals surface area contributed by atoms with Gasteiger partial charge in [0.05, 0.1) is 6.33 Å². The van der Waals surface area contributed by atoms with E-state index in [1.165, 1.54) is 35.8 Å². The lowest BCUT2D eigenvalue weighted by Crippen LogP contribution is -2.38. The molecule has 0 aliphatic heterocycles. The number of hydrogen-bond donors (Lipinski definition) is 1. The Labute approximate surface area is 153 Å². The number of hydrogen-bond acceptors (Lipinski definition) is 5. The number of aryl methyl sites for hydroxylation is 1. The van der Waals surface area contributed by atoms with Crippen molar-refractivity contribution in [3.05, 3.63) is 69.1 Å². The number of carbonyl (C=O) groups excluding carboxylic acids is 1. The molecule has 0 saturated heterocycles. The maximum Gasteiger partial charge on any atom is 0.332 e. The molecular formula is C18H18N6O3. The number of imidazole rings is 1. The molecule has 1 N–H and O–H groups in total. The predicted octanol–water partition coefficient (Wildman–Crippen LogP) is 0.249. The van der Waals surface area contributed by atoms with Crippen LogP contribution in [0.5, 0.6) is 0 Å². The van der Waals surface area contributed by atoms with Crippen LogP contribution in [0.2, 0.25) is 0 Å². The number of aromatic nitrogens is 4. The Kier molecular flexibility index (Phi) is 5.11. The van der Waals surface area contributed by atoms with Crippen molar-refractivity contribution in [1.82, 2.24) is 24.1 Å². The van der Waals surface area contributed by atoms with Crippen LogP contribution < -0.4 is 16.7 Å². The number of nitrogens with one attached hydrogen (secondary N) is 1. The van der Waals surface area contributed by atoms with E-state index < -0.39 is 17.2 Å². The molecule has 27 heavy (non-hydrogen) atoms. The number of allylic oxidation sites excluding steroid dienone is 1. The minimum atomic E-state index is -0.507. The van der Waals surface area contributed by atoms with Crippen molar-refractivity contribution in [3.8, 4) is 0 Å². The fraction of sp³-hybridized carbons (Fsp3) is 0.167. The van der Waals surface area contributed by atoms with Crippen LogP contribution in [0.15, 0.2) is 57.4 Å². The van der Waals surface area contributed by atoms with Crippen molar-refractivity contribution in [2.24, 2.45) is 19.2 Å². The molecule has 0 bridgehead atoms. The molecule has 3 aromatic rings. The molecule has 9 heteroatoms. The van der Waals surface area contributed by atoms with E-state index in [0.29, 0.717) is 0 Å². The van der Waals surface area contributed by atoms with Gasteiger partial charge < -0.3 is 4.57 Å². The number of nitrogens with zero attached hydrogens (tertiary/aromatic N) is 5. The average Bonchev–Trinajstić information content (AvgIpc) is 3.09. The van der Waals surface area contributed by atoms with E-state index in [2.05, 4.69) is 15.5 Å². The first-order chi connectivity index (χ1) is 13.0. The second kappa shape index (κ2) is 7.65. The van der Waals surface area contributed by atoms with Gasteiger partial charge in [0.15, 0.2) is 11.2 Å². The third-order valence-corrected chi connectivity index (χ3v) is 3.97. The van der Waals surface area contributed by atoms with Crippen LogP contribution in [0, 0.1) is 0 Å². The van der Waals surface area contributed by atoms with Crippen LogP contribution >= 0.6 is 0 Å². The quantitative estimate of drug-likeness (QED) is 0.516. The summed E-state index contributed by atoms with van der Waals surface area (Å²) < 4.78 is 3.63. The minimum Gasteiger partial charge on any atom is -0.315 e. The SMILES string of the molecule is Cn1c(=O)c2c(ncn2CC(=O)N/N=C\C=C\c2ccccc2)n(C)c1=O. The van der Waals surface area contributed by atoms with Crippen LogP contribution in [-0.2, 0) is 25.4 Å². The Bertz CT molecular complexity index is 1150. The van der Waals surface area contributed by atoms with Crippen molar-refractivity contribution >= 4 is 29.4 Å². The Morgan fingerprint density at radius 2 is 1.93 bits per heavy atom. The Balaban J connectivity index is 1.70. The Hall–Kier alpha value is -3.75. The topological polar surface area (TPSA) is 103 Å².